The fraction of sp³-hybridized carbons (Fsp3) is 0.409. The number of carbonyl (C=O) groups excluding carboxylic acids is 1. The molecule has 0 spiro atoms. The Morgan fingerprint density at radius 1 is 1.11 bits per heavy atom. The lowest BCUT2D eigenvalue weighted by atomic mass is 10.0. The predicted octanol–water partition coefficient (Wildman–Crippen LogP) is 4.78. The average molecular weight is 386 g/mol. The summed E-state index contributed by atoms with van der Waals surface area (Å²) in [4.78, 5) is 12.7. The monoisotopic (exact) mass is 385 g/mol. The Balaban J connectivity index is 1.37. The van der Waals surface area contributed by atoms with Gasteiger partial charge in [0.05, 0.1) is 12.1 Å². The molecule has 0 aromatic heterocycles. The highest BCUT2D eigenvalue weighted by atomic mass is 35.5. The van der Waals surface area contributed by atoms with Crippen molar-refractivity contribution in [3.8, 4) is 5.75 Å². The third-order valence-electron chi connectivity index (χ3n) is 5.19. The maximum Gasteiger partial charge on any atom is 0.251 e. The molecule has 1 N–H and O–H groups in total. The first-order chi connectivity index (χ1) is 13.2. The summed E-state index contributed by atoms with van der Waals surface area (Å²) >= 11 is 5.99. The molecule has 27 heavy (non-hydrogen) atoms. The zero-order valence-corrected chi connectivity index (χ0v) is 16.0. The number of carbonyl (C=O) groups is 1. The second-order valence-electron chi connectivity index (χ2n) is 7.31. The lowest BCUT2D eigenvalue weighted by molar-refractivity contribution is 0.0679. The van der Waals surface area contributed by atoms with Gasteiger partial charge in [-0.05, 0) is 73.6 Å². The van der Waals surface area contributed by atoms with Crippen molar-refractivity contribution in [2.45, 2.75) is 37.8 Å². The Hall–Kier alpha value is -2.04. The van der Waals surface area contributed by atoms with Crippen LogP contribution in [0, 0.1) is 5.92 Å². The molecule has 0 unspecified atom stereocenters. The van der Waals surface area contributed by atoms with E-state index in [1.807, 2.05) is 48.5 Å². The molecule has 1 saturated carbocycles. The summed E-state index contributed by atoms with van der Waals surface area (Å²) in [5.74, 6) is 1.20. The van der Waals surface area contributed by atoms with E-state index in [9.17, 15) is 4.79 Å². The molecular formula is C22H24ClNO3. The van der Waals surface area contributed by atoms with Crippen molar-refractivity contribution in [1.29, 1.82) is 0 Å². The van der Waals surface area contributed by atoms with Gasteiger partial charge in [-0.25, -0.2) is 0 Å². The Kier molecular flexibility index (Phi) is 5.65. The standard InChI is InChI=1S/C22H24ClNO3/c23-18-9-5-16(6-10-18)21(15-3-4-15)24-22(25)17-7-11-19(12-8-17)27-14-20-2-1-13-26-20/h5-12,15,20-21H,1-4,13-14H2,(H,24,25)/t20-,21+/m1/s1. The van der Waals surface area contributed by atoms with E-state index in [0.717, 1.165) is 43.6 Å². The minimum atomic E-state index is -0.0625. The Morgan fingerprint density at radius 2 is 1.85 bits per heavy atom. The van der Waals surface area contributed by atoms with Crippen molar-refractivity contribution in [2.24, 2.45) is 5.92 Å². The fourth-order valence-electron chi connectivity index (χ4n) is 3.47. The summed E-state index contributed by atoms with van der Waals surface area (Å²) in [6, 6.07) is 15.1. The zero-order valence-electron chi connectivity index (χ0n) is 15.2. The molecular weight excluding hydrogens is 362 g/mol. The summed E-state index contributed by atoms with van der Waals surface area (Å²) in [6.45, 7) is 1.38. The van der Waals surface area contributed by atoms with Gasteiger partial charge in [-0.2, -0.15) is 0 Å². The molecule has 4 rings (SSSR count). The smallest absolute Gasteiger partial charge is 0.251 e. The second kappa shape index (κ2) is 8.32. The number of ether oxygens (including phenoxy) is 2. The number of hydrogen-bond acceptors (Lipinski definition) is 3. The van der Waals surface area contributed by atoms with Crippen molar-refractivity contribution in [3.05, 3.63) is 64.7 Å². The van der Waals surface area contributed by atoms with Crippen LogP contribution in [0.5, 0.6) is 5.75 Å². The van der Waals surface area contributed by atoms with Crippen molar-refractivity contribution in [3.63, 3.8) is 0 Å². The first-order valence-corrected chi connectivity index (χ1v) is 9.97. The van der Waals surface area contributed by atoms with Crippen molar-refractivity contribution in [2.75, 3.05) is 13.2 Å². The van der Waals surface area contributed by atoms with E-state index in [0.29, 0.717) is 23.1 Å². The van der Waals surface area contributed by atoms with Crippen LogP contribution in [-0.4, -0.2) is 25.2 Å². The van der Waals surface area contributed by atoms with E-state index in [-0.39, 0.29) is 18.1 Å². The van der Waals surface area contributed by atoms with Gasteiger partial charge in [0, 0.05) is 17.2 Å². The molecule has 2 aliphatic rings. The third-order valence-corrected chi connectivity index (χ3v) is 5.44. The van der Waals surface area contributed by atoms with Crippen molar-refractivity contribution in [1.82, 2.24) is 5.32 Å². The summed E-state index contributed by atoms with van der Waals surface area (Å²) < 4.78 is 11.3. The minimum Gasteiger partial charge on any atom is -0.491 e. The Morgan fingerprint density at radius 3 is 2.48 bits per heavy atom. The van der Waals surface area contributed by atoms with Gasteiger partial charge in [0.15, 0.2) is 0 Å². The predicted molar refractivity (Wildman–Crippen MR) is 105 cm³/mol. The molecule has 1 aliphatic heterocycles. The molecule has 4 nitrogen and oxygen atoms in total. The Labute approximate surface area is 164 Å². The van der Waals surface area contributed by atoms with Crippen LogP contribution in [0.3, 0.4) is 0 Å². The molecule has 0 bridgehead atoms. The summed E-state index contributed by atoms with van der Waals surface area (Å²) in [7, 11) is 0. The van der Waals surface area contributed by atoms with Crippen LogP contribution in [0.2, 0.25) is 5.02 Å². The first kappa shape index (κ1) is 18.3. The van der Waals surface area contributed by atoms with Crippen molar-refractivity contribution >= 4 is 17.5 Å². The summed E-state index contributed by atoms with van der Waals surface area (Å²) in [5, 5.41) is 3.89. The maximum atomic E-state index is 12.7. The lowest BCUT2D eigenvalue weighted by Crippen LogP contribution is -2.29. The topological polar surface area (TPSA) is 47.6 Å². The van der Waals surface area contributed by atoms with Gasteiger partial charge < -0.3 is 14.8 Å². The second-order valence-corrected chi connectivity index (χ2v) is 7.75. The summed E-state index contributed by atoms with van der Waals surface area (Å²) in [5.41, 5.74) is 1.74. The molecule has 1 amide bonds. The van der Waals surface area contributed by atoms with Crippen LogP contribution in [0.4, 0.5) is 0 Å². The van der Waals surface area contributed by atoms with E-state index in [2.05, 4.69) is 5.32 Å². The minimum absolute atomic E-state index is 0.0326. The van der Waals surface area contributed by atoms with E-state index in [1.54, 1.807) is 0 Å². The normalized spacial score (nSPS) is 20.3. The highest BCUT2D eigenvalue weighted by molar-refractivity contribution is 6.30. The molecule has 0 radical (unpaired) electrons. The van der Waals surface area contributed by atoms with Gasteiger partial charge in [0.25, 0.3) is 5.91 Å². The van der Waals surface area contributed by atoms with Crippen LogP contribution in [0.25, 0.3) is 0 Å². The van der Waals surface area contributed by atoms with Crippen molar-refractivity contribution < 1.29 is 14.3 Å². The molecule has 5 heteroatoms. The number of hydrogen-bond donors (Lipinski definition) is 1. The van der Waals surface area contributed by atoms with Crippen LogP contribution >= 0.6 is 11.6 Å². The van der Waals surface area contributed by atoms with E-state index in [1.165, 1.54) is 0 Å². The molecule has 1 heterocycles. The zero-order chi connectivity index (χ0) is 18.6. The largest absolute Gasteiger partial charge is 0.491 e. The number of halogens is 1. The quantitative estimate of drug-likeness (QED) is 0.746. The van der Waals surface area contributed by atoms with Gasteiger partial charge in [-0.15, -0.1) is 0 Å². The number of nitrogens with one attached hydrogen (secondary N) is 1. The van der Waals surface area contributed by atoms with E-state index < -0.39 is 0 Å². The molecule has 2 atom stereocenters. The summed E-state index contributed by atoms with van der Waals surface area (Å²) in [6.07, 6.45) is 4.62. The van der Waals surface area contributed by atoms with Crippen LogP contribution in [0.15, 0.2) is 48.5 Å². The molecule has 1 aliphatic carbocycles. The first-order valence-electron chi connectivity index (χ1n) is 9.60. The van der Waals surface area contributed by atoms with Crippen LogP contribution < -0.4 is 10.1 Å². The number of benzene rings is 2. The van der Waals surface area contributed by atoms with Gasteiger partial charge in [-0.1, -0.05) is 23.7 Å². The van der Waals surface area contributed by atoms with Crippen LogP contribution in [-0.2, 0) is 4.74 Å². The Bertz CT molecular complexity index is 765. The molecule has 142 valence electrons. The van der Waals surface area contributed by atoms with Gasteiger partial charge >= 0.3 is 0 Å². The molecule has 2 aromatic carbocycles. The average Bonchev–Trinajstić information content (AvgIpc) is 3.40. The maximum absolute atomic E-state index is 12.7. The number of rotatable bonds is 7. The van der Waals surface area contributed by atoms with E-state index in [4.69, 9.17) is 21.1 Å². The van der Waals surface area contributed by atoms with Gasteiger partial charge in [-0.3, -0.25) is 4.79 Å². The number of amides is 1. The van der Waals surface area contributed by atoms with Gasteiger partial charge in [0.1, 0.15) is 12.4 Å². The molecule has 2 aromatic rings. The van der Waals surface area contributed by atoms with E-state index >= 15 is 0 Å². The van der Waals surface area contributed by atoms with Crippen LogP contribution in [0.1, 0.15) is 47.6 Å². The lowest BCUT2D eigenvalue weighted by Gasteiger charge is -2.19. The fourth-order valence-corrected chi connectivity index (χ4v) is 3.59. The van der Waals surface area contributed by atoms with Gasteiger partial charge in [0.2, 0.25) is 0 Å². The molecule has 1 saturated heterocycles. The third kappa shape index (κ3) is 4.82. The SMILES string of the molecule is O=C(N[C@H](c1ccc(Cl)cc1)C1CC1)c1ccc(OC[C@H]2CCCO2)cc1. The highest BCUT2D eigenvalue weighted by Crippen LogP contribution is 2.41. The molecule has 2 fully saturated rings. The highest BCUT2D eigenvalue weighted by Gasteiger charge is 2.33.